The molecule has 0 spiro atoms. The standard InChI is InChI=1S/C18H19ClN2O2S/c1-12(2)21-18(22)15-8-11-24-17(15)16(20-21)13-4-6-14(7-5-13)23-10-3-9-19/h4-8,11-12H,3,9-10H2,1-2H3. The van der Waals surface area contributed by atoms with Crippen LogP contribution >= 0.6 is 22.9 Å². The Morgan fingerprint density at radius 1 is 1.25 bits per heavy atom. The minimum absolute atomic E-state index is 0.0127. The van der Waals surface area contributed by atoms with Gasteiger partial charge in [0.2, 0.25) is 0 Å². The summed E-state index contributed by atoms with van der Waals surface area (Å²) in [6.45, 7) is 4.53. The number of alkyl halides is 1. The molecule has 1 aromatic carbocycles. The summed E-state index contributed by atoms with van der Waals surface area (Å²) in [7, 11) is 0. The van der Waals surface area contributed by atoms with Gasteiger partial charge in [-0.25, -0.2) is 4.68 Å². The molecule has 2 heterocycles. The molecule has 0 atom stereocenters. The van der Waals surface area contributed by atoms with Crippen LogP contribution in [0.3, 0.4) is 0 Å². The first-order chi connectivity index (χ1) is 11.6. The molecule has 0 saturated carbocycles. The minimum Gasteiger partial charge on any atom is -0.494 e. The molecule has 3 aromatic rings. The van der Waals surface area contributed by atoms with E-state index >= 15 is 0 Å². The first-order valence-corrected chi connectivity index (χ1v) is 9.32. The molecule has 24 heavy (non-hydrogen) atoms. The van der Waals surface area contributed by atoms with Crippen LogP contribution in [0.5, 0.6) is 5.75 Å². The third-order valence-electron chi connectivity index (χ3n) is 3.69. The summed E-state index contributed by atoms with van der Waals surface area (Å²) in [5.74, 6) is 1.40. The van der Waals surface area contributed by atoms with Gasteiger partial charge < -0.3 is 4.74 Å². The second-order valence-electron chi connectivity index (χ2n) is 5.77. The molecule has 0 radical (unpaired) electrons. The number of ether oxygens (including phenoxy) is 1. The molecule has 0 aliphatic heterocycles. The van der Waals surface area contributed by atoms with Gasteiger partial charge in [-0.3, -0.25) is 4.79 Å². The monoisotopic (exact) mass is 362 g/mol. The van der Waals surface area contributed by atoms with Gasteiger partial charge in [-0.1, -0.05) is 0 Å². The number of thiophene rings is 1. The van der Waals surface area contributed by atoms with Gasteiger partial charge in [-0.05, 0) is 56.0 Å². The Hall–Kier alpha value is -1.85. The van der Waals surface area contributed by atoms with E-state index in [0.29, 0.717) is 12.5 Å². The lowest BCUT2D eigenvalue weighted by molar-refractivity contribution is 0.318. The van der Waals surface area contributed by atoms with Gasteiger partial charge in [-0.2, -0.15) is 5.10 Å². The Morgan fingerprint density at radius 2 is 2.00 bits per heavy atom. The molecule has 2 aromatic heterocycles. The van der Waals surface area contributed by atoms with Crippen molar-refractivity contribution in [3.8, 4) is 17.0 Å². The Morgan fingerprint density at radius 3 is 2.67 bits per heavy atom. The Kier molecular flexibility index (Phi) is 5.21. The summed E-state index contributed by atoms with van der Waals surface area (Å²) in [4.78, 5) is 12.5. The summed E-state index contributed by atoms with van der Waals surface area (Å²) < 4.78 is 8.11. The smallest absolute Gasteiger partial charge is 0.275 e. The third kappa shape index (κ3) is 3.32. The Bertz CT molecular complexity index is 884. The van der Waals surface area contributed by atoms with Gasteiger partial charge in [0.15, 0.2) is 0 Å². The summed E-state index contributed by atoms with van der Waals surface area (Å²) in [6, 6.07) is 9.69. The molecule has 0 aliphatic rings. The third-order valence-corrected chi connectivity index (χ3v) is 4.88. The minimum atomic E-state index is -0.0361. The van der Waals surface area contributed by atoms with Crippen LogP contribution < -0.4 is 10.3 Å². The topological polar surface area (TPSA) is 44.1 Å². The van der Waals surface area contributed by atoms with Crippen LogP contribution in [-0.2, 0) is 0 Å². The highest BCUT2D eigenvalue weighted by Gasteiger charge is 2.15. The first-order valence-electron chi connectivity index (χ1n) is 7.91. The first kappa shape index (κ1) is 17.0. The highest BCUT2D eigenvalue weighted by atomic mass is 35.5. The van der Waals surface area contributed by atoms with Crippen molar-refractivity contribution in [2.75, 3.05) is 12.5 Å². The number of aromatic nitrogens is 2. The highest BCUT2D eigenvalue weighted by molar-refractivity contribution is 7.17. The lowest BCUT2D eigenvalue weighted by atomic mass is 10.1. The number of benzene rings is 1. The SMILES string of the molecule is CC(C)n1nc(-c2ccc(OCCCCl)cc2)c2sccc2c1=O. The van der Waals surface area contributed by atoms with Crippen molar-refractivity contribution in [1.29, 1.82) is 0 Å². The molecular formula is C18H19ClN2O2S. The molecule has 0 aliphatic carbocycles. The van der Waals surface area contributed by atoms with Gasteiger partial charge >= 0.3 is 0 Å². The second-order valence-corrected chi connectivity index (χ2v) is 7.06. The fraction of sp³-hybridized carbons (Fsp3) is 0.333. The van der Waals surface area contributed by atoms with E-state index in [1.54, 1.807) is 16.0 Å². The van der Waals surface area contributed by atoms with Gasteiger partial charge in [0.05, 0.1) is 22.7 Å². The molecule has 6 heteroatoms. The maximum atomic E-state index is 12.5. The summed E-state index contributed by atoms with van der Waals surface area (Å²) >= 11 is 7.20. The maximum absolute atomic E-state index is 12.5. The van der Waals surface area contributed by atoms with Gasteiger partial charge in [-0.15, -0.1) is 22.9 Å². The highest BCUT2D eigenvalue weighted by Crippen LogP contribution is 2.30. The van der Waals surface area contributed by atoms with Crippen molar-refractivity contribution in [3.05, 3.63) is 46.1 Å². The molecule has 0 bridgehead atoms. The van der Waals surface area contributed by atoms with E-state index in [4.69, 9.17) is 16.3 Å². The van der Waals surface area contributed by atoms with Crippen molar-refractivity contribution < 1.29 is 4.74 Å². The van der Waals surface area contributed by atoms with E-state index in [9.17, 15) is 4.79 Å². The molecule has 0 saturated heterocycles. The van der Waals surface area contributed by atoms with Crippen LogP contribution in [0, 0.1) is 0 Å². The predicted octanol–water partition coefficient (Wildman–Crippen LogP) is 4.71. The van der Waals surface area contributed by atoms with E-state index in [1.165, 1.54) is 0 Å². The van der Waals surface area contributed by atoms with Gasteiger partial charge in [0.1, 0.15) is 11.4 Å². The molecule has 0 unspecified atom stereocenters. The zero-order valence-electron chi connectivity index (χ0n) is 13.7. The molecule has 4 nitrogen and oxygen atoms in total. The van der Waals surface area contributed by atoms with Crippen LogP contribution in [0.25, 0.3) is 21.3 Å². The van der Waals surface area contributed by atoms with Gasteiger partial charge in [0.25, 0.3) is 5.56 Å². The lowest BCUT2D eigenvalue weighted by Crippen LogP contribution is -2.24. The van der Waals surface area contributed by atoms with Crippen molar-refractivity contribution in [1.82, 2.24) is 9.78 Å². The van der Waals surface area contributed by atoms with Crippen molar-refractivity contribution in [2.24, 2.45) is 0 Å². The van der Waals surface area contributed by atoms with Crippen LogP contribution in [0.2, 0.25) is 0 Å². The summed E-state index contributed by atoms with van der Waals surface area (Å²) in [5.41, 5.74) is 1.77. The van der Waals surface area contributed by atoms with Crippen LogP contribution in [0.1, 0.15) is 26.3 Å². The van der Waals surface area contributed by atoms with E-state index in [1.807, 2.05) is 49.6 Å². The number of halogens is 1. The number of nitrogens with zero attached hydrogens (tertiary/aromatic N) is 2. The second kappa shape index (κ2) is 7.36. The fourth-order valence-corrected chi connectivity index (χ4v) is 3.48. The fourth-order valence-electron chi connectivity index (χ4n) is 2.48. The van der Waals surface area contributed by atoms with Crippen LogP contribution in [0.4, 0.5) is 0 Å². The summed E-state index contributed by atoms with van der Waals surface area (Å²) in [5, 5.41) is 7.26. The average Bonchev–Trinajstić information content (AvgIpc) is 3.06. The van der Waals surface area contributed by atoms with E-state index in [-0.39, 0.29) is 11.6 Å². The van der Waals surface area contributed by atoms with Crippen LogP contribution in [0.15, 0.2) is 40.5 Å². The maximum Gasteiger partial charge on any atom is 0.275 e. The van der Waals surface area contributed by atoms with E-state index in [0.717, 1.165) is 33.5 Å². The van der Waals surface area contributed by atoms with E-state index in [2.05, 4.69) is 5.10 Å². The molecule has 0 fully saturated rings. The predicted molar refractivity (Wildman–Crippen MR) is 101 cm³/mol. The zero-order valence-corrected chi connectivity index (χ0v) is 15.2. The Balaban J connectivity index is 2.01. The largest absolute Gasteiger partial charge is 0.494 e. The molecule has 0 amide bonds. The number of hydrogen-bond acceptors (Lipinski definition) is 4. The van der Waals surface area contributed by atoms with Crippen molar-refractivity contribution >= 4 is 33.0 Å². The quantitative estimate of drug-likeness (QED) is 0.471. The molecular weight excluding hydrogens is 344 g/mol. The molecule has 3 rings (SSSR count). The molecule has 0 N–H and O–H groups in total. The van der Waals surface area contributed by atoms with Crippen LogP contribution in [-0.4, -0.2) is 22.3 Å². The number of rotatable bonds is 6. The molecule has 126 valence electrons. The van der Waals surface area contributed by atoms with Crippen molar-refractivity contribution in [3.63, 3.8) is 0 Å². The average molecular weight is 363 g/mol. The lowest BCUT2D eigenvalue weighted by Gasteiger charge is -2.12. The zero-order chi connectivity index (χ0) is 17.1. The van der Waals surface area contributed by atoms with E-state index < -0.39 is 0 Å². The normalized spacial score (nSPS) is 11.3. The Labute approximate surface area is 149 Å². The number of hydrogen-bond donors (Lipinski definition) is 0. The number of fused-ring (bicyclic) bond motifs is 1. The summed E-state index contributed by atoms with van der Waals surface area (Å²) in [6.07, 6.45) is 0.819. The van der Waals surface area contributed by atoms with Crippen molar-refractivity contribution in [2.45, 2.75) is 26.3 Å². The van der Waals surface area contributed by atoms with Gasteiger partial charge in [0, 0.05) is 11.4 Å².